The van der Waals surface area contributed by atoms with Gasteiger partial charge in [0.2, 0.25) is 0 Å². The van der Waals surface area contributed by atoms with Gasteiger partial charge in [-0.3, -0.25) is 4.55 Å². The Labute approximate surface area is 343 Å². The van der Waals surface area contributed by atoms with Crippen LogP contribution < -0.4 is 36.7 Å². The molecular formula is C49H55N3O4PS+. The first-order valence-electron chi connectivity index (χ1n) is 20.6. The molecule has 0 saturated heterocycles. The molecule has 0 aromatic heterocycles. The van der Waals surface area contributed by atoms with E-state index in [0.717, 1.165) is 79.8 Å². The summed E-state index contributed by atoms with van der Waals surface area (Å²) in [4.78, 5) is 2.26. The average molecular weight is 813 g/mol. The van der Waals surface area contributed by atoms with Crippen LogP contribution in [0.2, 0.25) is 0 Å². The van der Waals surface area contributed by atoms with Crippen molar-refractivity contribution in [2.75, 3.05) is 30.7 Å². The van der Waals surface area contributed by atoms with E-state index < -0.39 is 17.4 Å². The zero-order chi connectivity index (χ0) is 40.5. The molecule has 2 aliphatic rings. The molecule has 0 fully saturated rings. The molecule has 0 radical (unpaired) electrons. The van der Waals surface area contributed by atoms with Crippen LogP contribution in [0.15, 0.2) is 161 Å². The Kier molecular flexibility index (Phi) is 13.1. The first-order valence-corrected chi connectivity index (χ1v) is 24.2. The molecule has 0 amide bonds. The molecule has 0 atom stereocenters. The van der Waals surface area contributed by atoms with E-state index >= 15 is 0 Å². The Morgan fingerprint density at radius 2 is 1.22 bits per heavy atom. The first kappa shape index (κ1) is 40.9. The van der Waals surface area contributed by atoms with E-state index in [4.69, 9.17) is 10.3 Å². The van der Waals surface area contributed by atoms with Crippen molar-refractivity contribution in [3.05, 3.63) is 157 Å². The maximum atomic E-state index is 12.7. The third-order valence-electron chi connectivity index (χ3n) is 11.4. The van der Waals surface area contributed by atoms with Crippen LogP contribution in [0, 0.1) is 0 Å². The number of hydrazine groups is 1. The Morgan fingerprint density at radius 1 is 0.655 bits per heavy atom. The van der Waals surface area contributed by atoms with Gasteiger partial charge in [-0.2, -0.15) is 8.42 Å². The number of nitrogens with zero attached hydrogens (tertiary/aromatic N) is 2. The molecule has 9 heteroatoms. The Morgan fingerprint density at radius 3 is 1.79 bits per heavy atom. The summed E-state index contributed by atoms with van der Waals surface area (Å²) in [7, 11) is -6.88. The van der Waals surface area contributed by atoms with Gasteiger partial charge in [-0.15, -0.1) is 0 Å². The topological polar surface area (TPSA) is 99.8 Å². The van der Waals surface area contributed by atoms with Gasteiger partial charge >= 0.3 is 240 Å². The third kappa shape index (κ3) is 8.75. The predicted octanol–water partition coefficient (Wildman–Crippen LogP) is 9.01. The van der Waals surface area contributed by atoms with Gasteiger partial charge in [-0.1, -0.05) is 38.8 Å². The quantitative estimate of drug-likeness (QED) is 0.0181. The summed E-state index contributed by atoms with van der Waals surface area (Å²) >= 11 is 0. The monoisotopic (exact) mass is 812 g/mol. The van der Waals surface area contributed by atoms with E-state index in [9.17, 15) is 13.0 Å². The second-order valence-corrected chi connectivity index (χ2v) is 20.6. The zero-order valence-electron chi connectivity index (χ0n) is 33.6. The summed E-state index contributed by atoms with van der Waals surface area (Å²) in [6, 6.07) is 51.6. The molecule has 1 aliphatic carbocycles. The van der Waals surface area contributed by atoms with Crippen molar-refractivity contribution in [1.29, 1.82) is 0 Å². The number of unbranched alkanes of at least 4 members (excludes halogenated alkanes) is 3. The van der Waals surface area contributed by atoms with E-state index in [1.807, 2.05) is 24.3 Å². The summed E-state index contributed by atoms with van der Waals surface area (Å²) in [6.45, 7) is 6.91. The molecule has 300 valence electrons. The van der Waals surface area contributed by atoms with Crippen LogP contribution in [0.5, 0.6) is 0 Å². The van der Waals surface area contributed by atoms with Gasteiger partial charge in [0.05, 0.1) is 0 Å². The first-order chi connectivity index (χ1) is 28.2. The van der Waals surface area contributed by atoms with Gasteiger partial charge in [0, 0.05) is 13.1 Å². The van der Waals surface area contributed by atoms with E-state index in [0.29, 0.717) is 29.0 Å². The second-order valence-electron chi connectivity index (χ2n) is 15.2. The molecule has 7 rings (SSSR count). The molecule has 7 nitrogen and oxygen atoms in total. The van der Waals surface area contributed by atoms with Crippen LogP contribution >= 0.6 is 7.26 Å². The van der Waals surface area contributed by atoms with Crippen molar-refractivity contribution in [2.24, 2.45) is 5.84 Å². The number of benzene rings is 6. The van der Waals surface area contributed by atoms with E-state index in [1.54, 1.807) is 22.9 Å². The molecule has 1 heterocycles. The van der Waals surface area contributed by atoms with Gasteiger partial charge < -0.3 is 4.90 Å². The fraction of sp³-hybridized carbons (Fsp3) is 0.245. The van der Waals surface area contributed by atoms with E-state index in [-0.39, 0.29) is 4.90 Å². The van der Waals surface area contributed by atoms with Gasteiger partial charge in [-0.25, -0.2) is 0 Å². The van der Waals surface area contributed by atoms with Crippen LogP contribution in [0.1, 0.15) is 52.4 Å². The summed E-state index contributed by atoms with van der Waals surface area (Å²) in [5, 5.41) is 5.75. The third-order valence-corrected chi connectivity index (χ3v) is 17.4. The molecule has 5 aromatic carbocycles. The van der Waals surface area contributed by atoms with Crippen molar-refractivity contribution in [1.82, 2.24) is 4.68 Å². The summed E-state index contributed by atoms with van der Waals surface area (Å²) in [6.07, 6.45) is 7.23. The van der Waals surface area contributed by atoms with Crippen LogP contribution in [-0.4, -0.2) is 38.8 Å². The number of fused-ring (bicyclic) bond motifs is 2. The standard InChI is InChI=1S/C49H54N3O4PS/c1-3-5-32-51(33-6-4-2)38-28-30-43-46(36-38)56-47-37-39(29-31-44(47)49(43)45-26-16-17-27-48(45)58(53,54)55)52(50)34-18-19-35-57(40-20-10-7-11-21-40,41-22-12-8-13-23-41)42-24-14-9-15-25-42/h7-17,20-31,36-37,57H,3-6,18-19,32-35,50H2,1-2H3/p+1. The summed E-state index contributed by atoms with van der Waals surface area (Å²) < 4.78 is 44.3. The van der Waals surface area contributed by atoms with Crippen LogP contribution in [0.3, 0.4) is 0 Å². The summed E-state index contributed by atoms with van der Waals surface area (Å²) in [5.74, 6) is 7.43. The molecule has 3 N–H and O–H groups in total. The Bertz CT molecular complexity index is 2490. The Balaban J connectivity index is 1.28. The van der Waals surface area contributed by atoms with Crippen molar-refractivity contribution in [3.63, 3.8) is 0 Å². The Hall–Kier alpha value is -5.27. The van der Waals surface area contributed by atoms with Crippen LogP contribution in [0.4, 0.5) is 5.69 Å². The number of anilines is 1. The van der Waals surface area contributed by atoms with E-state index in [2.05, 4.69) is 122 Å². The summed E-state index contributed by atoms with van der Waals surface area (Å²) in [5.41, 5.74) is 3.52. The second kappa shape index (κ2) is 18.5. The SMILES string of the molecule is CCCCN(CCCC)c1ccc2c(-c3ccccc3S(=O)(=O)O)c3cc/c(=[N+](\N)CCCC[PH](c4ccccc4)(c4ccccc4)c4ccccc4)cc-3oc2c1. The normalized spacial score (nSPS) is 12.8. The molecule has 0 unspecified atom stereocenters. The predicted molar refractivity (Wildman–Crippen MR) is 245 cm³/mol. The molecule has 0 spiro atoms. The molecule has 1 aliphatic heterocycles. The van der Waals surface area contributed by atoms with Crippen molar-refractivity contribution < 1.29 is 17.4 Å². The van der Waals surface area contributed by atoms with Crippen LogP contribution in [0.25, 0.3) is 33.4 Å². The molecule has 0 bridgehead atoms. The number of rotatable bonds is 17. The number of hydrogen-bond donors (Lipinski definition) is 2. The fourth-order valence-electron chi connectivity index (χ4n) is 8.40. The fourth-order valence-corrected chi connectivity index (χ4v) is 14.0. The van der Waals surface area contributed by atoms with Gasteiger partial charge in [0.25, 0.3) is 10.1 Å². The molecule has 0 saturated carbocycles. The van der Waals surface area contributed by atoms with Crippen LogP contribution in [-0.2, 0) is 10.1 Å². The van der Waals surface area contributed by atoms with Crippen molar-refractivity contribution >= 4 is 50.0 Å². The molecule has 5 aromatic rings. The van der Waals surface area contributed by atoms with Crippen molar-refractivity contribution in [2.45, 2.75) is 57.3 Å². The number of hydrogen-bond acceptors (Lipinski definition) is 5. The van der Waals surface area contributed by atoms with E-state index in [1.165, 1.54) is 22.0 Å². The molecular weight excluding hydrogens is 758 g/mol. The number of nitrogens with two attached hydrogens (primary N) is 1. The zero-order valence-corrected chi connectivity index (χ0v) is 35.4. The van der Waals surface area contributed by atoms with Crippen molar-refractivity contribution in [3.8, 4) is 22.5 Å². The van der Waals surface area contributed by atoms with Gasteiger partial charge in [-0.05, 0) is 25.0 Å². The maximum absolute atomic E-state index is 12.7. The minimum absolute atomic E-state index is 0.147. The minimum atomic E-state index is -4.52. The average Bonchev–Trinajstić information content (AvgIpc) is 3.26. The van der Waals surface area contributed by atoms with Gasteiger partial charge in [0.1, 0.15) is 0 Å². The molecule has 58 heavy (non-hydrogen) atoms. The van der Waals surface area contributed by atoms with Gasteiger partial charge in [0.15, 0.2) is 0 Å².